The summed E-state index contributed by atoms with van der Waals surface area (Å²) in [4.78, 5) is 5.03. The Bertz CT molecular complexity index is 897. The van der Waals surface area contributed by atoms with Gasteiger partial charge in [-0.25, -0.2) is 0 Å². The fourth-order valence-electron chi connectivity index (χ4n) is 4.08. The molecule has 0 aliphatic carbocycles. The Morgan fingerprint density at radius 1 is 0.833 bits per heavy atom. The minimum absolute atomic E-state index is 0.298. The molecule has 1 aliphatic heterocycles. The van der Waals surface area contributed by atoms with Crippen LogP contribution in [-0.4, -0.2) is 12.2 Å². The number of para-hydroxylation sites is 1. The summed E-state index contributed by atoms with van der Waals surface area (Å²) in [7, 11) is 0. The lowest BCUT2D eigenvalue weighted by Gasteiger charge is -2.33. The number of hydrogen-bond donors (Lipinski definition) is 0. The average molecular weight is 316 g/mol. The number of nitrogens with zero attached hydrogens (tertiary/aromatic N) is 2. The number of anilines is 3. The first-order valence-corrected chi connectivity index (χ1v) is 8.74. The van der Waals surface area contributed by atoms with E-state index in [-0.39, 0.29) is 0 Å². The van der Waals surface area contributed by atoms with Gasteiger partial charge in [-0.1, -0.05) is 48.5 Å². The van der Waals surface area contributed by atoms with E-state index in [1.54, 1.807) is 0 Å². The molecule has 3 aromatic carbocycles. The van der Waals surface area contributed by atoms with E-state index in [4.69, 9.17) is 0 Å². The Hall–Kier alpha value is -2.48. The molecule has 0 radical (unpaired) electrons. The van der Waals surface area contributed by atoms with E-state index in [0.29, 0.717) is 12.2 Å². The maximum atomic E-state index is 2.55. The van der Waals surface area contributed by atoms with E-state index >= 15 is 0 Å². The third kappa shape index (κ3) is 2.10. The number of aryl methyl sites for hydroxylation is 1. The molecule has 0 fully saturated rings. The van der Waals surface area contributed by atoms with Crippen LogP contribution in [0.1, 0.15) is 26.3 Å². The molecule has 3 aromatic rings. The summed E-state index contributed by atoms with van der Waals surface area (Å²) in [6.07, 6.45) is 0.298. The third-order valence-electron chi connectivity index (χ3n) is 5.10. The van der Waals surface area contributed by atoms with Crippen LogP contribution >= 0.6 is 0 Å². The summed E-state index contributed by atoms with van der Waals surface area (Å²) < 4.78 is 0. The monoisotopic (exact) mass is 316 g/mol. The first-order chi connectivity index (χ1) is 11.6. The molecule has 0 aromatic heterocycles. The Morgan fingerprint density at radius 3 is 2.29 bits per heavy atom. The number of benzene rings is 3. The van der Waals surface area contributed by atoms with Crippen molar-refractivity contribution in [3.8, 4) is 0 Å². The highest BCUT2D eigenvalue weighted by molar-refractivity contribution is 6.04. The molecule has 122 valence electrons. The van der Waals surface area contributed by atoms with E-state index < -0.39 is 0 Å². The van der Waals surface area contributed by atoms with E-state index in [2.05, 4.69) is 98.2 Å². The molecule has 0 bridgehead atoms. The van der Waals surface area contributed by atoms with Crippen molar-refractivity contribution in [2.45, 2.75) is 39.9 Å². The van der Waals surface area contributed by atoms with Crippen molar-refractivity contribution in [3.63, 3.8) is 0 Å². The number of rotatable bonds is 2. The van der Waals surface area contributed by atoms with Crippen LogP contribution in [-0.2, 0) is 0 Å². The Labute approximate surface area is 144 Å². The van der Waals surface area contributed by atoms with Gasteiger partial charge in [-0.2, -0.15) is 0 Å². The maximum Gasteiger partial charge on any atom is 0.104 e. The van der Waals surface area contributed by atoms with Gasteiger partial charge in [0.25, 0.3) is 0 Å². The second kappa shape index (κ2) is 5.55. The summed E-state index contributed by atoms with van der Waals surface area (Å²) in [6.45, 7) is 9.06. The summed E-state index contributed by atoms with van der Waals surface area (Å²) in [5.41, 5.74) is 5.28. The van der Waals surface area contributed by atoms with Crippen molar-refractivity contribution < 1.29 is 0 Å². The summed E-state index contributed by atoms with van der Waals surface area (Å²) >= 11 is 0. The van der Waals surface area contributed by atoms with E-state index in [0.717, 1.165) is 0 Å². The van der Waals surface area contributed by atoms with Crippen LogP contribution in [0, 0.1) is 6.92 Å². The van der Waals surface area contributed by atoms with Gasteiger partial charge in [-0.15, -0.1) is 0 Å². The zero-order valence-electron chi connectivity index (χ0n) is 14.8. The van der Waals surface area contributed by atoms with Crippen LogP contribution in [0.4, 0.5) is 17.1 Å². The topological polar surface area (TPSA) is 6.48 Å². The van der Waals surface area contributed by atoms with Crippen molar-refractivity contribution in [2.75, 3.05) is 9.80 Å². The lowest BCUT2D eigenvalue weighted by molar-refractivity contribution is 0.607. The molecule has 2 heteroatoms. The van der Waals surface area contributed by atoms with Gasteiger partial charge in [0.2, 0.25) is 0 Å². The van der Waals surface area contributed by atoms with Gasteiger partial charge in [0, 0.05) is 17.1 Å². The van der Waals surface area contributed by atoms with E-state index in [1.165, 1.54) is 33.4 Å². The standard InChI is InChI=1S/C22H24N2/c1-15(2)23-17(4)24(20-12-8-5-9-16(20)3)21-14-13-18-10-6-7-11-19(18)22(21)23/h5-15,17H,1-4H3/t17-/m0/s1. The molecule has 0 N–H and O–H groups in total. The fraction of sp³-hybridized carbons (Fsp3) is 0.273. The predicted octanol–water partition coefficient (Wildman–Crippen LogP) is 5.86. The number of fused-ring (bicyclic) bond motifs is 3. The van der Waals surface area contributed by atoms with Gasteiger partial charge in [0.1, 0.15) is 6.17 Å². The molecular formula is C22H24N2. The maximum absolute atomic E-state index is 2.55. The van der Waals surface area contributed by atoms with Crippen LogP contribution in [0.2, 0.25) is 0 Å². The molecule has 1 aliphatic rings. The average Bonchev–Trinajstić information content (AvgIpc) is 2.88. The summed E-state index contributed by atoms with van der Waals surface area (Å²) in [6, 6.07) is 22.4. The van der Waals surface area contributed by atoms with E-state index in [9.17, 15) is 0 Å². The third-order valence-corrected chi connectivity index (χ3v) is 5.10. The summed E-state index contributed by atoms with van der Waals surface area (Å²) in [5.74, 6) is 0. The quantitative estimate of drug-likeness (QED) is 0.584. The second-order valence-electron chi connectivity index (χ2n) is 6.94. The molecule has 1 heterocycles. The fourth-order valence-corrected chi connectivity index (χ4v) is 4.08. The molecule has 0 saturated carbocycles. The van der Waals surface area contributed by atoms with Gasteiger partial charge >= 0.3 is 0 Å². The Balaban J connectivity index is 2.01. The van der Waals surface area contributed by atoms with Gasteiger partial charge < -0.3 is 9.80 Å². The number of hydrogen-bond acceptors (Lipinski definition) is 2. The van der Waals surface area contributed by atoms with Crippen LogP contribution in [0.5, 0.6) is 0 Å². The summed E-state index contributed by atoms with van der Waals surface area (Å²) in [5, 5.41) is 2.65. The first-order valence-electron chi connectivity index (χ1n) is 8.74. The zero-order chi connectivity index (χ0) is 16.8. The second-order valence-corrected chi connectivity index (χ2v) is 6.94. The lowest BCUT2D eigenvalue weighted by atomic mass is 10.1. The van der Waals surface area contributed by atoms with Crippen molar-refractivity contribution in [1.82, 2.24) is 0 Å². The smallest absolute Gasteiger partial charge is 0.104 e. The molecule has 0 spiro atoms. The van der Waals surface area contributed by atoms with Crippen LogP contribution in [0.3, 0.4) is 0 Å². The normalized spacial score (nSPS) is 17.0. The highest BCUT2D eigenvalue weighted by Gasteiger charge is 2.36. The van der Waals surface area contributed by atoms with Crippen LogP contribution < -0.4 is 9.80 Å². The zero-order valence-corrected chi connectivity index (χ0v) is 14.8. The molecule has 0 unspecified atom stereocenters. The van der Waals surface area contributed by atoms with E-state index in [1.807, 2.05) is 0 Å². The largest absolute Gasteiger partial charge is 0.346 e. The minimum atomic E-state index is 0.298. The molecule has 0 amide bonds. The van der Waals surface area contributed by atoms with Crippen molar-refractivity contribution in [1.29, 1.82) is 0 Å². The Kier molecular flexibility index (Phi) is 3.49. The highest BCUT2D eigenvalue weighted by Crippen LogP contribution is 2.49. The van der Waals surface area contributed by atoms with Gasteiger partial charge in [0.05, 0.1) is 11.4 Å². The van der Waals surface area contributed by atoms with Gasteiger partial charge in [0.15, 0.2) is 0 Å². The predicted molar refractivity (Wildman–Crippen MR) is 104 cm³/mol. The van der Waals surface area contributed by atoms with Crippen molar-refractivity contribution in [2.24, 2.45) is 0 Å². The van der Waals surface area contributed by atoms with Crippen molar-refractivity contribution >= 4 is 27.8 Å². The molecule has 1 atom stereocenters. The molecule has 0 saturated heterocycles. The molecular weight excluding hydrogens is 292 g/mol. The highest BCUT2D eigenvalue weighted by atomic mass is 15.4. The van der Waals surface area contributed by atoms with Crippen LogP contribution in [0.25, 0.3) is 10.8 Å². The molecule has 2 nitrogen and oxygen atoms in total. The Morgan fingerprint density at radius 2 is 1.54 bits per heavy atom. The minimum Gasteiger partial charge on any atom is -0.346 e. The molecule has 24 heavy (non-hydrogen) atoms. The lowest BCUT2D eigenvalue weighted by Crippen LogP contribution is -2.42. The van der Waals surface area contributed by atoms with Crippen LogP contribution in [0.15, 0.2) is 60.7 Å². The first kappa shape index (κ1) is 15.1. The molecule has 4 rings (SSSR count). The van der Waals surface area contributed by atoms with Crippen molar-refractivity contribution in [3.05, 3.63) is 66.2 Å². The van der Waals surface area contributed by atoms with Gasteiger partial charge in [-0.3, -0.25) is 0 Å². The SMILES string of the molecule is Cc1ccccc1N1c2ccc3ccccc3c2N(C(C)C)[C@@H]1C. The van der Waals surface area contributed by atoms with Gasteiger partial charge in [-0.05, 0) is 50.8 Å².